The summed E-state index contributed by atoms with van der Waals surface area (Å²) in [5, 5.41) is 6.44. The molecule has 0 aromatic heterocycles. The summed E-state index contributed by atoms with van der Waals surface area (Å²) in [6.45, 7) is 9.20. The Morgan fingerprint density at radius 3 is 2.50 bits per heavy atom. The van der Waals surface area contributed by atoms with Crippen LogP contribution in [0.1, 0.15) is 34.1 Å². The molecule has 1 saturated heterocycles. The van der Waals surface area contributed by atoms with Gasteiger partial charge in [0.25, 0.3) is 0 Å². The second-order valence-corrected chi connectivity index (χ2v) is 4.93. The van der Waals surface area contributed by atoms with Crippen molar-refractivity contribution in [1.29, 1.82) is 0 Å². The lowest BCUT2D eigenvalue weighted by atomic mass is 10.1. The van der Waals surface area contributed by atoms with E-state index >= 15 is 0 Å². The van der Waals surface area contributed by atoms with E-state index in [2.05, 4.69) is 17.6 Å². The number of ether oxygens (including phenoxy) is 2. The number of piperazine rings is 1. The van der Waals surface area contributed by atoms with Gasteiger partial charge in [-0.25, -0.2) is 4.79 Å². The summed E-state index contributed by atoms with van der Waals surface area (Å²) in [6.07, 6.45) is -0.0127. The van der Waals surface area contributed by atoms with E-state index < -0.39 is 11.8 Å². The zero-order valence-electron chi connectivity index (χ0n) is 10.5. The van der Waals surface area contributed by atoms with E-state index in [4.69, 9.17) is 9.47 Å². The average molecular weight is 230 g/mol. The number of rotatable bonds is 2. The molecule has 0 amide bonds. The van der Waals surface area contributed by atoms with Crippen LogP contribution in [0.15, 0.2) is 0 Å². The molecule has 1 aliphatic rings. The van der Waals surface area contributed by atoms with Crippen LogP contribution in [0.5, 0.6) is 0 Å². The quantitative estimate of drug-likeness (QED) is 0.699. The Balaban J connectivity index is 2.42. The smallest absolute Gasteiger partial charge is 0.429 e. The molecule has 1 heterocycles. The van der Waals surface area contributed by atoms with Crippen LogP contribution in [0.25, 0.3) is 0 Å². The van der Waals surface area contributed by atoms with E-state index in [0.29, 0.717) is 0 Å². The summed E-state index contributed by atoms with van der Waals surface area (Å²) < 4.78 is 10.3. The molecule has 0 saturated carbocycles. The maximum absolute atomic E-state index is 11.5. The Hall–Kier alpha value is -0.810. The lowest BCUT2D eigenvalue weighted by molar-refractivity contribution is -0.0471. The summed E-state index contributed by atoms with van der Waals surface area (Å²) in [7, 11) is 0. The molecule has 5 heteroatoms. The Bertz CT molecular complexity index is 238. The van der Waals surface area contributed by atoms with Gasteiger partial charge in [-0.2, -0.15) is 0 Å². The van der Waals surface area contributed by atoms with Crippen LogP contribution in [0.4, 0.5) is 4.79 Å². The molecule has 1 fully saturated rings. The number of hydrogen-bond donors (Lipinski definition) is 2. The van der Waals surface area contributed by atoms with Gasteiger partial charge >= 0.3 is 6.16 Å². The second-order valence-electron chi connectivity index (χ2n) is 4.93. The molecule has 94 valence electrons. The molecule has 16 heavy (non-hydrogen) atoms. The topological polar surface area (TPSA) is 59.6 Å². The van der Waals surface area contributed by atoms with Crippen LogP contribution < -0.4 is 10.6 Å². The first kappa shape index (κ1) is 13.3. The number of carbonyl (C=O) groups is 1. The van der Waals surface area contributed by atoms with Gasteiger partial charge in [-0.3, -0.25) is 5.32 Å². The summed E-state index contributed by atoms with van der Waals surface area (Å²) in [6, 6.07) is 0.154. The van der Waals surface area contributed by atoms with Gasteiger partial charge in [-0.1, -0.05) is 6.92 Å². The molecule has 5 nitrogen and oxygen atoms in total. The first-order valence-electron chi connectivity index (χ1n) is 5.79. The Labute approximate surface area is 96.9 Å². The van der Waals surface area contributed by atoms with Crippen molar-refractivity contribution in [3.8, 4) is 0 Å². The fourth-order valence-corrected chi connectivity index (χ4v) is 1.58. The summed E-state index contributed by atoms with van der Waals surface area (Å²) in [5.74, 6) is 0. The predicted molar refractivity (Wildman–Crippen MR) is 61.2 cm³/mol. The summed E-state index contributed by atoms with van der Waals surface area (Å²) in [4.78, 5) is 11.5. The van der Waals surface area contributed by atoms with Crippen molar-refractivity contribution in [2.24, 2.45) is 0 Å². The average Bonchev–Trinajstić information content (AvgIpc) is 2.15. The highest BCUT2D eigenvalue weighted by atomic mass is 16.7. The van der Waals surface area contributed by atoms with Crippen molar-refractivity contribution < 1.29 is 14.3 Å². The van der Waals surface area contributed by atoms with E-state index in [1.54, 1.807) is 0 Å². The van der Waals surface area contributed by atoms with E-state index in [9.17, 15) is 4.79 Å². The van der Waals surface area contributed by atoms with Gasteiger partial charge in [0.05, 0.1) is 6.04 Å². The second kappa shape index (κ2) is 5.50. The molecule has 0 aliphatic carbocycles. The van der Waals surface area contributed by atoms with Crippen molar-refractivity contribution in [3.05, 3.63) is 0 Å². The highest BCUT2D eigenvalue weighted by Crippen LogP contribution is 2.11. The molecule has 0 spiro atoms. The van der Waals surface area contributed by atoms with Gasteiger partial charge in [0, 0.05) is 13.1 Å². The lowest BCUT2D eigenvalue weighted by Gasteiger charge is -2.32. The summed E-state index contributed by atoms with van der Waals surface area (Å²) >= 11 is 0. The van der Waals surface area contributed by atoms with Crippen molar-refractivity contribution in [2.75, 3.05) is 13.1 Å². The monoisotopic (exact) mass is 230 g/mol. The minimum atomic E-state index is -0.618. The predicted octanol–water partition coefficient (Wildman–Crippen LogP) is 1.24. The van der Waals surface area contributed by atoms with Crippen LogP contribution in [-0.4, -0.2) is 37.1 Å². The van der Waals surface area contributed by atoms with Crippen molar-refractivity contribution >= 4 is 6.16 Å². The zero-order valence-corrected chi connectivity index (χ0v) is 10.5. The molecule has 0 bridgehead atoms. The molecule has 0 radical (unpaired) electrons. The largest absolute Gasteiger partial charge is 0.510 e. The van der Waals surface area contributed by atoms with E-state index in [0.717, 1.165) is 19.5 Å². The minimum Gasteiger partial charge on any atom is -0.429 e. The van der Waals surface area contributed by atoms with Gasteiger partial charge in [0.2, 0.25) is 0 Å². The third-order valence-corrected chi connectivity index (χ3v) is 2.30. The molecular formula is C11H22N2O3. The fourth-order valence-electron chi connectivity index (χ4n) is 1.58. The van der Waals surface area contributed by atoms with Crippen molar-refractivity contribution in [1.82, 2.24) is 10.6 Å². The van der Waals surface area contributed by atoms with Gasteiger partial charge < -0.3 is 14.8 Å². The Morgan fingerprint density at radius 2 is 1.94 bits per heavy atom. The van der Waals surface area contributed by atoms with E-state index in [1.165, 1.54) is 0 Å². The van der Waals surface area contributed by atoms with Crippen LogP contribution in [0, 0.1) is 0 Å². The van der Waals surface area contributed by atoms with Crippen LogP contribution in [-0.2, 0) is 9.47 Å². The number of carbonyl (C=O) groups excluding carboxylic acids is 1. The molecule has 2 unspecified atom stereocenters. The first-order valence-corrected chi connectivity index (χ1v) is 5.79. The van der Waals surface area contributed by atoms with Gasteiger partial charge in [0.15, 0.2) is 6.23 Å². The standard InChI is InChI=1S/C11H22N2O3/c1-5-8-9(13-7-6-12-8)15-10(14)16-11(2,3)4/h8-9,12-13H,5-7H2,1-4H3. The molecular weight excluding hydrogens is 208 g/mol. The third-order valence-electron chi connectivity index (χ3n) is 2.30. The minimum absolute atomic E-state index is 0.154. The lowest BCUT2D eigenvalue weighted by Crippen LogP contribution is -2.57. The van der Waals surface area contributed by atoms with E-state index in [-0.39, 0.29) is 12.3 Å². The van der Waals surface area contributed by atoms with Crippen molar-refractivity contribution in [2.45, 2.75) is 52.0 Å². The molecule has 0 aromatic carbocycles. The first-order chi connectivity index (χ1) is 7.42. The number of hydrogen-bond acceptors (Lipinski definition) is 5. The summed E-state index contributed by atoms with van der Waals surface area (Å²) in [5.41, 5.74) is -0.513. The van der Waals surface area contributed by atoms with Crippen molar-refractivity contribution in [3.63, 3.8) is 0 Å². The van der Waals surface area contributed by atoms with Crippen LogP contribution in [0.3, 0.4) is 0 Å². The molecule has 2 N–H and O–H groups in total. The SMILES string of the molecule is CCC1NCCNC1OC(=O)OC(C)(C)C. The molecule has 2 atom stereocenters. The highest BCUT2D eigenvalue weighted by molar-refractivity contribution is 5.60. The van der Waals surface area contributed by atoms with Crippen LogP contribution >= 0.6 is 0 Å². The van der Waals surface area contributed by atoms with Gasteiger partial charge in [-0.05, 0) is 27.2 Å². The highest BCUT2D eigenvalue weighted by Gasteiger charge is 2.28. The third kappa shape index (κ3) is 4.37. The Morgan fingerprint density at radius 1 is 1.31 bits per heavy atom. The normalized spacial score (nSPS) is 26.2. The maximum atomic E-state index is 11.5. The molecule has 1 aliphatic heterocycles. The Kier molecular flexibility index (Phi) is 4.56. The van der Waals surface area contributed by atoms with Gasteiger partial charge in [-0.15, -0.1) is 0 Å². The number of nitrogens with one attached hydrogen (secondary N) is 2. The van der Waals surface area contributed by atoms with Crippen LogP contribution in [0.2, 0.25) is 0 Å². The molecule has 0 aromatic rings. The van der Waals surface area contributed by atoms with E-state index in [1.807, 2.05) is 20.8 Å². The maximum Gasteiger partial charge on any atom is 0.510 e. The fraction of sp³-hybridized carbons (Fsp3) is 0.909. The zero-order chi connectivity index (χ0) is 12.2. The molecule has 1 rings (SSSR count). The van der Waals surface area contributed by atoms with Gasteiger partial charge in [0.1, 0.15) is 5.60 Å².